The van der Waals surface area contributed by atoms with Gasteiger partial charge in [-0.15, -0.1) is 0 Å². The number of ether oxygens (including phenoxy) is 3. The van der Waals surface area contributed by atoms with Crippen LogP contribution in [0.15, 0.2) is 0 Å². The monoisotopic (exact) mass is 314 g/mol. The smallest absolute Gasteiger partial charge is 0.248 e. The second-order valence-electron chi connectivity index (χ2n) is 6.13. The number of likely N-dealkylation sites (N-methyl/N-ethyl adjacent to an activating group) is 1. The van der Waals surface area contributed by atoms with Gasteiger partial charge in [-0.25, -0.2) is 0 Å². The van der Waals surface area contributed by atoms with Crippen molar-refractivity contribution in [2.24, 2.45) is 0 Å². The molecule has 2 rings (SSSR count). The van der Waals surface area contributed by atoms with Gasteiger partial charge in [0.2, 0.25) is 11.8 Å². The van der Waals surface area contributed by atoms with Crippen LogP contribution < -0.4 is 0 Å². The predicted octanol–water partition coefficient (Wildman–Crippen LogP) is -0.112. The molecule has 2 amide bonds. The highest BCUT2D eigenvalue weighted by Crippen LogP contribution is 2.35. The minimum atomic E-state index is -0.300. The maximum absolute atomic E-state index is 11.8. The van der Waals surface area contributed by atoms with E-state index in [9.17, 15) is 9.59 Å². The Bertz CT molecular complexity index is 407. The van der Waals surface area contributed by atoms with Crippen molar-refractivity contribution >= 4 is 11.8 Å². The van der Waals surface area contributed by atoms with E-state index in [2.05, 4.69) is 0 Å². The van der Waals surface area contributed by atoms with Crippen molar-refractivity contribution in [2.45, 2.75) is 31.5 Å². The molecule has 2 fully saturated rings. The first-order valence-corrected chi connectivity index (χ1v) is 7.77. The second-order valence-corrected chi connectivity index (χ2v) is 6.13. The maximum atomic E-state index is 11.8. The summed E-state index contributed by atoms with van der Waals surface area (Å²) < 4.78 is 16.7. The van der Waals surface area contributed by atoms with E-state index in [1.54, 1.807) is 19.0 Å². The molecule has 0 aromatic rings. The number of hydrogen-bond donors (Lipinski definition) is 0. The molecule has 0 aromatic heterocycles. The topological polar surface area (TPSA) is 68.3 Å². The molecule has 0 aliphatic carbocycles. The summed E-state index contributed by atoms with van der Waals surface area (Å²) in [6, 6.07) is 0. The number of nitrogens with zero attached hydrogens (tertiary/aromatic N) is 2. The van der Waals surface area contributed by atoms with Crippen molar-refractivity contribution in [3.8, 4) is 0 Å². The van der Waals surface area contributed by atoms with Crippen LogP contribution >= 0.6 is 0 Å². The van der Waals surface area contributed by atoms with Gasteiger partial charge in [0.25, 0.3) is 0 Å². The largest absolute Gasteiger partial charge is 0.372 e. The number of carbonyl (C=O) groups excluding carboxylic acids is 2. The molecule has 7 nitrogen and oxygen atoms in total. The fourth-order valence-corrected chi connectivity index (χ4v) is 2.77. The lowest BCUT2D eigenvalue weighted by atomic mass is 9.84. The summed E-state index contributed by atoms with van der Waals surface area (Å²) in [6.45, 7) is 4.41. The van der Waals surface area contributed by atoms with E-state index in [0.717, 1.165) is 12.8 Å². The fraction of sp³-hybridized carbons (Fsp3) is 0.867. The molecule has 1 spiro atoms. The molecule has 7 heteroatoms. The third-order valence-electron chi connectivity index (χ3n) is 4.13. The van der Waals surface area contributed by atoms with E-state index in [-0.39, 0.29) is 36.7 Å². The molecule has 0 unspecified atom stereocenters. The Morgan fingerprint density at radius 2 is 2.05 bits per heavy atom. The zero-order chi connectivity index (χ0) is 16.2. The van der Waals surface area contributed by atoms with Crippen molar-refractivity contribution < 1.29 is 23.8 Å². The Balaban J connectivity index is 1.75. The maximum Gasteiger partial charge on any atom is 0.248 e. The SMILES string of the molecule is CCOCC(=O)N1CC2(C[C@@H](OCC(=O)N(C)C)CCO2)C1. The van der Waals surface area contributed by atoms with Gasteiger partial charge in [0.05, 0.1) is 19.2 Å². The summed E-state index contributed by atoms with van der Waals surface area (Å²) in [7, 11) is 3.43. The quantitative estimate of drug-likeness (QED) is 0.684. The van der Waals surface area contributed by atoms with E-state index in [0.29, 0.717) is 26.3 Å². The van der Waals surface area contributed by atoms with Crippen molar-refractivity contribution in [3.63, 3.8) is 0 Å². The van der Waals surface area contributed by atoms with E-state index in [1.807, 2.05) is 6.92 Å². The molecule has 2 aliphatic heterocycles. The van der Waals surface area contributed by atoms with Crippen molar-refractivity contribution in [1.29, 1.82) is 0 Å². The van der Waals surface area contributed by atoms with E-state index in [1.165, 1.54) is 4.90 Å². The Hall–Kier alpha value is -1.18. The summed E-state index contributed by atoms with van der Waals surface area (Å²) in [5, 5.41) is 0. The number of likely N-dealkylation sites (tertiary alicyclic amines) is 1. The Kier molecular flexibility index (Phi) is 5.77. The summed E-state index contributed by atoms with van der Waals surface area (Å²) in [5.41, 5.74) is -0.300. The average Bonchev–Trinajstić information content (AvgIpc) is 2.47. The van der Waals surface area contributed by atoms with Crippen LogP contribution in [0.2, 0.25) is 0 Å². The molecule has 1 atom stereocenters. The van der Waals surface area contributed by atoms with Gasteiger partial charge in [0.15, 0.2) is 0 Å². The first-order chi connectivity index (χ1) is 10.5. The molecule has 0 saturated carbocycles. The third-order valence-corrected chi connectivity index (χ3v) is 4.13. The molecular formula is C15H26N2O5. The van der Waals surface area contributed by atoms with Gasteiger partial charge >= 0.3 is 0 Å². The molecule has 0 radical (unpaired) electrons. The van der Waals surface area contributed by atoms with E-state index < -0.39 is 0 Å². The van der Waals surface area contributed by atoms with E-state index >= 15 is 0 Å². The van der Waals surface area contributed by atoms with Gasteiger partial charge in [-0.05, 0) is 13.3 Å². The van der Waals surface area contributed by atoms with Crippen molar-refractivity contribution in [3.05, 3.63) is 0 Å². The molecule has 2 saturated heterocycles. The lowest BCUT2D eigenvalue weighted by molar-refractivity contribution is -0.203. The fourth-order valence-electron chi connectivity index (χ4n) is 2.77. The third kappa shape index (κ3) is 4.18. The Morgan fingerprint density at radius 1 is 1.32 bits per heavy atom. The number of hydrogen-bond acceptors (Lipinski definition) is 5. The lowest BCUT2D eigenvalue weighted by Gasteiger charge is -2.52. The second kappa shape index (κ2) is 7.39. The normalized spacial score (nSPS) is 23.2. The Morgan fingerprint density at radius 3 is 2.68 bits per heavy atom. The highest BCUT2D eigenvalue weighted by Gasteiger charge is 2.49. The predicted molar refractivity (Wildman–Crippen MR) is 79.4 cm³/mol. The highest BCUT2D eigenvalue weighted by molar-refractivity contribution is 5.78. The van der Waals surface area contributed by atoms with Gasteiger partial charge in [-0.1, -0.05) is 0 Å². The van der Waals surface area contributed by atoms with E-state index in [4.69, 9.17) is 14.2 Å². The summed E-state index contributed by atoms with van der Waals surface area (Å²) in [5.74, 6) is -0.0374. The first-order valence-electron chi connectivity index (χ1n) is 7.77. The Labute approximate surface area is 131 Å². The molecule has 0 bridgehead atoms. The number of amides is 2. The molecule has 22 heavy (non-hydrogen) atoms. The molecule has 2 heterocycles. The molecule has 0 N–H and O–H groups in total. The first kappa shape index (κ1) is 17.2. The number of carbonyl (C=O) groups is 2. The van der Waals surface area contributed by atoms with Crippen LogP contribution in [-0.2, 0) is 23.8 Å². The van der Waals surface area contributed by atoms with Crippen LogP contribution in [0.3, 0.4) is 0 Å². The minimum Gasteiger partial charge on any atom is -0.372 e. The van der Waals surface area contributed by atoms with Gasteiger partial charge in [0, 0.05) is 33.7 Å². The van der Waals surface area contributed by atoms with Crippen LogP contribution in [0.4, 0.5) is 0 Å². The molecule has 2 aliphatic rings. The molecule has 0 aromatic carbocycles. The van der Waals surface area contributed by atoms with Crippen molar-refractivity contribution in [2.75, 3.05) is 53.6 Å². The summed E-state index contributed by atoms with van der Waals surface area (Å²) >= 11 is 0. The van der Waals surface area contributed by atoms with Gasteiger partial charge in [-0.2, -0.15) is 0 Å². The van der Waals surface area contributed by atoms with Gasteiger partial charge in [0.1, 0.15) is 18.8 Å². The van der Waals surface area contributed by atoms with Crippen LogP contribution in [0.1, 0.15) is 19.8 Å². The van der Waals surface area contributed by atoms with Crippen LogP contribution in [0.5, 0.6) is 0 Å². The summed E-state index contributed by atoms with van der Waals surface area (Å²) in [6.07, 6.45) is 1.53. The van der Waals surface area contributed by atoms with Crippen LogP contribution in [-0.4, -0.2) is 86.9 Å². The summed E-state index contributed by atoms with van der Waals surface area (Å²) in [4.78, 5) is 26.7. The lowest BCUT2D eigenvalue weighted by Crippen LogP contribution is -2.67. The average molecular weight is 314 g/mol. The van der Waals surface area contributed by atoms with Gasteiger partial charge < -0.3 is 24.0 Å². The van der Waals surface area contributed by atoms with Crippen molar-refractivity contribution in [1.82, 2.24) is 9.80 Å². The van der Waals surface area contributed by atoms with Crippen LogP contribution in [0, 0.1) is 0 Å². The minimum absolute atomic E-state index is 0.00176. The van der Waals surface area contributed by atoms with Crippen LogP contribution in [0.25, 0.3) is 0 Å². The molecular weight excluding hydrogens is 288 g/mol. The highest BCUT2D eigenvalue weighted by atomic mass is 16.5. The number of rotatable bonds is 6. The molecule has 126 valence electrons. The zero-order valence-corrected chi connectivity index (χ0v) is 13.7. The van der Waals surface area contributed by atoms with Gasteiger partial charge in [-0.3, -0.25) is 9.59 Å². The standard InChI is InChI=1S/C15H26N2O5/c1-4-20-8-14(19)17-10-15(11-17)7-12(5-6-22-15)21-9-13(18)16(2)3/h12H,4-11H2,1-3H3/t12-/m0/s1. The zero-order valence-electron chi connectivity index (χ0n) is 13.7.